The smallest absolute Gasteiger partial charge is 0.264 e. The first-order valence-corrected chi connectivity index (χ1v) is 9.42. The summed E-state index contributed by atoms with van der Waals surface area (Å²) in [5, 5.41) is 13.4. The second-order valence-corrected chi connectivity index (χ2v) is 7.60. The molecule has 0 saturated carbocycles. The minimum absolute atomic E-state index is 0.000415. The number of hydrogen-bond donors (Lipinski definition) is 2. The van der Waals surface area contributed by atoms with Crippen LogP contribution in [0.15, 0.2) is 44.7 Å². The maximum Gasteiger partial charge on any atom is 0.264 e. The number of carbonyl (C=O) groups is 1. The second-order valence-electron chi connectivity index (χ2n) is 5.77. The van der Waals surface area contributed by atoms with Gasteiger partial charge in [0.15, 0.2) is 16.7 Å². The summed E-state index contributed by atoms with van der Waals surface area (Å²) >= 11 is 4.77. The van der Waals surface area contributed by atoms with Crippen LogP contribution in [-0.2, 0) is 4.79 Å². The summed E-state index contributed by atoms with van der Waals surface area (Å²) in [6.45, 7) is 4.00. The highest BCUT2D eigenvalue weighted by molar-refractivity contribution is 9.10. The molecule has 0 spiro atoms. The number of rotatable bonds is 3. The zero-order valence-corrected chi connectivity index (χ0v) is 16.9. The van der Waals surface area contributed by atoms with E-state index in [0.717, 1.165) is 21.3 Å². The van der Waals surface area contributed by atoms with Gasteiger partial charge >= 0.3 is 0 Å². The number of benzene rings is 2. The van der Waals surface area contributed by atoms with E-state index in [1.165, 1.54) is 18.9 Å². The van der Waals surface area contributed by atoms with Gasteiger partial charge in [-0.3, -0.25) is 4.79 Å². The van der Waals surface area contributed by atoms with Crippen molar-refractivity contribution in [2.45, 2.75) is 13.8 Å². The SMILES string of the molecule is COc1cccc(/C=C2/SC(=Nc3cc(C)c(Br)c(C)c3)NC2=O)c1O. The molecule has 134 valence electrons. The van der Waals surface area contributed by atoms with Gasteiger partial charge in [0.05, 0.1) is 17.7 Å². The Hall–Kier alpha value is -2.25. The molecule has 0 radical (unpaired) electrons. The Balaban J connectivity index is 1.89. The number of amides is 1. The van der Waals surface area contributed by atoms with E-state index in [1.807, 2.05) is 26.0 Å². The number of halogens is 1. The number of phenols is 1. The number of carbonyl (C=O) groups excluding carboxylic acids is 1. The first-order chi connectivity index (χ1) is 12.4. The average molecular weight is 433 g/mol. The summed E-state index contributed by atoms with van der Waals surface area (Å²) in [5.41, 5.74) is 3.45. The van der Waals surface area contributed by atoms with Gasteiger partial charge in [0.1, 0.15) is 0 Å². The summed E-state index contributed by atoms with van der Waals surface area (Å²) in [6, 6.07) is 9.03. The van der Waals surface area contributed by atoms with E-state index >= 15 is 0 Å². The Morgan fingerprint density at radius 2 is 1.96 bits per heavy atom. The molecule has 0 atom stereocenters. The number of nitrogens with one attached hydrogen (secondary N) is 1. The molecular weight excluding hydrogens is 416 g/mol. The van der Waals surface area contributed by atoms with Crippen LogP contribution in [0, 0.1) is 13.8 Å². The quantitative estimate of drug-likeness (QED) is 0.691. The van der Waals surface area contributed by atoms with Crippen molar-refractivity contribution in [1.29, 1.82) is 0 Å². The van der Waals surface area contributed by atoms with Crippen LogP contribution in [-0.4, -0.2) is 23.3 Å². The lowest BCUT2D eigenvalue weighted by Crippen LogP contribution is -2.19. The Morgan fingerprint density at radius 3 is 2.62 bits per heavy atom. The molecule has 1 aliphatic heterocycles. The molecule has 2 aromatic carbocycles. The molecule has 5 nitrogen and oxygen atoms in total. The van der Waals surface area contributed by atoms with Gasteiger partial charge in [-0.15, -0.1) is 0 Å². The molecule has 1 fully saturated rings. The molecule has 1 heterocycles. The fourth-order valence-electron chi connectivity index (χ4n) is 2.55. The number of para-hydroxylation sites is 1. The van der Waals surface area contributed by atoms with E-state index in [4.69, 9.17) is 4.74 Å². The molecule has 0 aliphatic carbocycles. The molecule has 1 saturated heterocycles. The predicted octanol–water partition coefficient (Wildman–Crippen LogP) is 4.67. The maximum absolute atomic E-state index is 12.2. The lowest BCUT2D eigenvalue weighted by atomic mass is 10.1. The minimum atomic E-state index is -0.249. The van der Waals surface area contributed by atoms with Crippen molar-refractivity contribution in [3.05, 3.63) is 56.4 Å². The van der Waals surface area contributed by atoms with Crippen molar-refractivity contribution in [1.82, 2.24) is 5.32 Å². The van der Waals surface area contributed by atoms with E-state index in [-0.39, 0.29) is 11.7 Å². The Labute approximate surface area is 164 Å². The van der Waals surface area contributed by atoms with Crippen molar-refractivity contribution in [3.63, 3.8) is 0 Å². The van der Waals surface area contributed by atoms with Gasteiger partial charge in [0.25, 0.3) is 5.91 Å². The number of hydrogen-bond acceptors (Lipinski definition) is 5. The van der Waals surface area contributed by atoms with Crippen molar-refractivity contribution in [2.24, 2.45) is 4.99 Å². The van der Waals surface area contributed by atoms with Crippen LogP contribution >= 0.6 is 27.7 Å². The monoisotopic (exact) mass is 432 g/mol. The molecule has 26 heavy (non-hydrogen) atoms. The van der Waals surface area contributed by atoms with Crippen LogP contribution in [0.2, 0.25) is 0 Å². The first kappa shape index (κ1) is 18.5. The van der Waals surface area contributed by atoms with Crippen LogP contribution < -0.4 is 10.1 Å². The van der Waals surface area contributed by atoms with Crippen LogP contribution in [0.25, 0.3) is 6.08 Å². The summed E-state index contributed by atoms with van der Waals surface area (Å²) in [5.74, 6) is 0.111. The van der Waals surface area contributed by atoms with E-state index in [2.05, 4.69) is 26.2 Å². The Bertz CT molecular complexity index is 931. The molecule has 2 aromatic rings. The average Bonchev–Trinajstić information content (AvgIpc) is 2.93. The van der Waals surface area contributed by atoms with E-state index < -0.39 is 0 Å². The van der Waals surface area contributed by atoms with Crippen LogP contribution in [0.3, 0.4) is 0 Å². The standard InChI is InChI=1S/C19H17BrN2O3S/c1-10-7-13(8-11(2)16(10)20)21-19-22-18(24)15(26-19)9-12-5-4-6-14(25-3)17(12)23/h4-9,23H,1-3H3,(H,21,22,24)/b15-9+. The van der Waals surface area contributed by atoms with Crippen LogP contribution in [0.1, 0.15) is 16.7 Å². The van der Waals surface area contributed by atoms with Gasteiger partial charge in [0, 0.05) is 10.0 Å². The maximum atomic E-state index is 12.2. The number of nitrogens with zero attached hydrogens (tertiary/aromatic N) is 1. The van der Waals surface area contributed by atoms with E-state index in [0.29, 0.717) is 21.4 Å². The molecule has 7 heteroatoms. The number of ether oxygens (including phenoxy) is 1. The third kappa shape index (κ3) is 3.78. The van der Waals surface area contributed by atoms with Crippen molar-refractivity contribution in [3.8, 4) is 11.5 Å². The number of methoxy groups -OCH3 is 1. The lowest BCUT2D eigenvalue weighted by Gasteiger charge is -2.05. The van der Waals surface area contributed by atoms with Gasteiger partial charge in [-0.2, -0.15) is 0 Å². The summed E-state index contributed by atoms with van der Waals surface area (Å²) < 4.78 is 6.15. The van der Waals surface area contributed by atoms with Gasteiger partial charge < -0.3 is 15.2 Å². The molecule has 1 amide bonds. The zero-order valence-electron chi connectivity index (χ0n) is 14.5. The molecular formula is C19H17BrN2O3S. The first-order valence-electron chi connectivity index (χ1n) is 7.81. The Morgan fingerprint density at radius 1 is 1.27 bits per heavy atom. The van der Waals surface area contributed by atoms with Crippen molar-refractivity contribution >= 4 is 50.5 Å². The molecule has 1 aliphatic rings. The summed E-state index contributed by atoms with van der Waals surface area (Å²) in [7, 11) is 1.48. The van der Waals surface area contributed by atoms with Crippen LogP contribution in [0.4, 0.5) is 5.69 Å². The minimum Gasteiger partial charge on any atom is -0.504 e. The number of aromatic hydroxyl groups is 1. The van der Waals surface area contributed by atoms with Gasteiger partial charge in [-0.05, 0) is 61.0 Å². The number of amidine groups is 1. The number of aliphatic imine (C=N–C) groups is 1. The number of thioether (sulfide) groups is 1. The fraction of sp³-hybridized carbons (Fsp3) is 0.158. The van der Waals surface area contributed by atoms with Crippen molar-refractivity contribution < 1.29 is 14.6 Å². The molecule has 2 N–H and O–H groups in total. The number of phenolic OH excluding ortho intramolecular Hbond substituents is 1. The van der Waals surface area contributed by atoms with Gasteiger partial charge in [-0.1, -0.05) is 28.1 Å². The van der Waals surface area contributed by atoms with E-state index in [1.54, 1.807) is 24.3 Å². The highest BCUT2D eigenvalue weighted by Crippen LogP contribution is 2.35. The molecule has 0 bridgehead atoms. The summed E-state index contributed by atoms with van der Waals surface area (Å²) in [6.07, 6.45) is 1.62. The third-order valence-corrected chi connectivity index (χ3v) is 6.00. The highest BCUT2D eigenvalue weighted by Gasteiger charge is 2.24. The Kier molecular flexibility index (Phi) is 5.38. The largest absolute Gasteiger partial charge is 0.504 e. The topological polar surface area (TPSA) is 70.9 Å². The van der Waals surface area contributed by atoms with Gasteiger partial charge in [-0.25, -0.2) is 4.99 Å². The highest BCUT2D eigenvalue weighted by atomic mass is 79.9. The molecule has 0 aromatic heterocycles. The fourth-order valence-corrected chi connectivity index (χ4v) is 3.61. The molecule has 0 unspecified atom stereocenters. The molecule has 3 rings (SSSR count). The number of aryl methyl sites for hydroxylation is 2. The summed E-state index contributed by atoms with van der Waals surface area (Å²) in [4.78, 5) is 17.2. The van der Waals surface area contributed by atoms with Crippen LogP contribution in [0.5, 0.6) is 11.5 Å². The second kappa shape index (κ2) is 7.55. The zero-order chi connectivity index (χ0) is 18.8. The van der Waals surface area contributed by atoms with Gasteiger partial charge in [0.2, 0.25) is 0 Å². The van der Waals surface area contributed by atoms with Crippen molar-refractivity contribution in [2.75, 3.05) is 7.11 Å². The predicted molar refractivity (Wildman–Crippen MR) is 109 cm³/mol. The lowest BCUT2D eigenvalue weighted by molar-refractivity contribution is -0.115. The van der Waals surface area contributed by atoms with E-state index in [9.17, 15) is 9.90 Å². The third-order valence-electron chi connectivity index (χ3n) is 3.84. The normalized spacial score (nSPS) is 17.0.